The van der Waals surface area contributed by atoms with Gasteiger partial charge in [-0.2, -0.15) is 0 Å². The second kappa shape index (κ2) is 9.53. The fourth-order valence-electron chi connectivity index (χ4n) is 3.72. The summed E-state index contributed by atoms with van der Waals surface area (Å²) in [5.41, 5.74) is 1.77. The van der Waals surface area contributed by atoms with Gasteiger partial charge in [0, 0.05) is 12.5 Å². The van der Waals surface area contributed by atoms with E-state index in [4.69, 9.17) is 0 Å². The second-order valence-electron chi connectivity index (χ2n) is 7.36. The SMILES string of the molecule is CCCCNC(=O)Cn1c(CNC(=O)C2CCCCC2)nc2ccccc21. The Morgan fingerprint density at radius 3 is 2.70 bits per heavy atom. The number of para-hydroxylation sites is 2. The highest BCUT2D eigenvalue weighted by Crippen LogP contribution is 2.24. The molecule has 0 atom stereocenters. The van der Waals surface area contributed by atoms with Crippen LogP contribution in [-0.4, -0.2) is 27.9 Å². The minimum Gasteiger partial charge on any atom is -0.355 e. The summed E-state index contributed by atoms with van der Waals surface area (Å²) < 4.78 is 1.91. The number of carbonyl (C=O) groups is 2. The topological polar surface area (TPSA) is 76.0 Å². The van der Waals surface area contributed by atoms with Crippen molar-refractivity contribution >= 4 is 22.8 Å². The van der Waals surface area contributed by atoms with Crippen LogP contribution in [0.1, 0.15) is 57.7 Å². The molecule has 3 rings (SSSR count). The van der Waals surface area contributed by atoms with Crippen molar-refractivity contribution in [3.63, 3.8) is 0 Å². The molecule has 1 saturated carbocycles. The quantitative estimate of drug-likeness (QED) is 0.701. The van der Waals surface area contributed by atoms with Crippen LogP contribution in [0.25, 0.3) is 11.0 Å². The third-order valence-corrected chi connectivity index (χ3v) is 5.28. The summed E-state index contributed by atoms with van der Waals surface area (Å²) in [5, 5.41) is 6.00. The summed E-state index contributed by atoms with van der Waals surface area (Å²) >= 11 is 0. The van der Waals surface area contributed by atoms with Crippen molar-refractivity contribution < 1.29 is 9.59 Å². The highest BCUT2D eigenvalue weighted by atomic mass is 16.2. The van der Waals surface area contributed by atoms with Crippen LogP contribution in [0.5, 0.6) is 0 Å². The molecule has 2 aromatic rings. The monoisotopic (exact) mass is 370 g/mol. The van der Waals surface area contributed by atoms with E-state index >= 15 is 0 Å². The molecular weight excluding hydrogens is 340 g/mol. The Hall–Kier alpha value is -2.37. The molecule has 0 unspecified atom stereocenters. The molecule has 2 amide bonds. The molecule has 27 heavy (non-hydrogen) atoms. The first kappa shape index (κ1) is 19.4. The van der Waals surface area contributed by atoms with Crippen LogP contribution < -0.4 is 10.6 Å². The van der Waals surface area contributed by atoms with Crippen molar-refractivity contribution in [2.75, 3.05) is 6.54 Å². The fraction of sp³-hybridized carbons (Fsp3) is 0.571. The Labute approximate surface area is 160 Å². The first-order valence-corrected chi connectivity index (χ1v) is 10.2. The van der Waals surface area contributed by atoms with Crippen LogP contribution in [0.2, 0.25) is 0 Å². The lowest BCUT2D eigenvalue weighted by Gasteiger charge is -2.20. The number of benzene rings is 1. The van der Waals surface area contributed by atoms with Crippen molar-refractivity contribution in [2.45, 2.75) is 65.0 Å². The molecule has 0 saturated heterocycles. The Morgan fingerprint density at radius 2 is 1.93 bits per heavy atom. The lowest BCUT2D eigenvalue weighted by molar-refractivity contribution is -0.126. The smallest absolute Gasteiger partial charge is 0.240 e. The number of amides is 2. The Balaban J connectivity index is 1.69. The van der Waals surface area contributed by atoms with Crippen LogP contribution in [-0.2, 0) is 22.7 Å². The Morgan fingerprint density at radius 1 is 1.15 bits per heavy atom. The van der Waals surface area contributed by atoms with Crippen molar-refractivity contribution in [1.29, 1.82) is 0 Å². The van der Waals surface area contributed by atoms with E-state index in [2.05, 4.69) is 22.5 Å². The fourth-order valence-corrected chi connectivity index (χ4v) is 3.72. The summed E-state index contributed by atoms with van der Waals surface area (Å²) in [7, 11) is 0. The number of hydrogen-bond donors (Lipinski definition) is 2. The number of nitrogens with one attached hydrogen (secondary N) is 2. The zero-order valence-corrected chi connectivity index (χ0v) is 16.2. The molecule has 1 fully saturated rings. The summed E-state index contributed by atoms with van der Waals surface area (Å²) in [6.45, 7) is 3.36. The van der Waals surface area contributed by atoms with Gasteiger partial charge in [0.2, 0.25) is 11.8 Å². The number of aromatic nitrogens is 2. The van der Waals surface area contributed by atoms with E-state index < -0.39 is 0 Å². The van der Waals surface area contributed by atoms with Gasteiger partial charge in [0.1, 0.15) is 12.4 Å². The number of fused-ring (bicyclic) bond motifs is 1. The van der Waals surface area contributed by atoms with Gasteiger partial charge in [-0.1, -0.05) is 44.7 Å². The van der Waals surface area contributed by atoms with Crippen LogP contribution in [0, 0.1) is 5.92 Å². The third kappa shape index (κ3) is 5.08. The van der Waals surface area contributed by atoms with Crippen molar-refractivity contribution in [3.05, 3.63) is 30.1 Å². The van der Waals surface area contributed by atoms with Gasteiger partial charge in [-0.3, -0.25) is 9.59 Å². The van der Waals surface area contributed by atoms with E-state index in [-0.39, 0.29) is 24.3 Å². The average molecular weight is 370 g/mol. The molecule has 1 aliphatic rings. The molecule has 1 aromatic heterocycles. The Kier molecular flexibility index (Phi) is 6.85. The molecule has 6 nitrogen and oxygen atoms in total. The minimum absolute atomic E-state index is 0.0218. The molecular formula is C21H30N4O2. The van der Waals surface area contributed by atoms with E-state index in [9.17, 15) is 9.59 Å². The molecule has 1 aromatic carbocycles. The molecule has 0 bridgehead atoms. The highest BCUT2D eigenvalue weighted by molar-refractivity contribution is 5.81. The Bertz CT molecular complexity index is 778. The lowest BCUT2D eigenvalue weighted by Crippen LogP contribution is -2.33. The van der Waals surface area contributed by atoms with Gasteiger partial charge in [-0.25, -0.2) is 4.98 Å². The van der Waals surface area contributed by atoms with E-state index in [0.29, 0.717) is 13.1 Å². The van der Waals surface area contributed by atoms with Crippen molar-refractivity contribution in [1.82, 2.24) is 20.2 Å². The van der Waals surface area contributed by atoms with Gasteiger partial charge in [0.25, 0.3) is 0 Å². The minimum atomic E-state index is -0.0218. The first-order chi connectivity index (χ1) is 13.2. The highest BCUT2D eigenvalue weighted by Gasteiger charge is 2.21. The number of rotatable bonds is 8. The van der Waals surface area contributed by atoms with Gasteiger partial charge in [0.05, 0.1) is 17.6 Å². The van der Waals surface area contributed by atoms with Crippen LogP contribution in [0.3, 0.4) is 0 Å². The first-order valence-electron chi connectivity index (χ1n) is 10.2. The molecule has 0 spiro atoms. The van der Waals surface area contributed by atoms with Crippen molar-refractivity contribution in [3.8, 4) is 0 Å². The summed E-state index contributed by atoms with van der Waals surface area (Å²) in [5.74, 6) is 0.937. The van der Waals surface area contributed by atoms with Crippen LogP contribution in [0.4, 0.5) is 0 Å². The third-order valence-electron chi connectivity index (χ3n) is 5.28. The predicted octanol–water partition coefficient (Wildman–Crippen LogP) is 3.15. The molecule has 2 N–H and O–H groups in total. The summed E-state index contributed by atoms with van der Waals surface area (Å²) in [6.07, 6.45) is 7.47. The van der Waals surface area contributed by atoms with E-state index in [1.54, 1.807) is 0 Å². The largest absolute Gasteiger partial charge is 0.355 e. The molecule has 0 aliphatic heterocycles. The molecule has 0 radical (unpaired) electrons. The molecule has 1 aliphatic carbocycles. The number of imidazole rings is 1. The number of carbonyl (C=O) groups excluding carboxylic acids is 2. The van der Waals surface area contributed by atoms with Crippen molar-refractivity contribution in [2.24, 2.45) is 5.92 Å². The molecule has 146 valence electrons. The number of unbranched alkanes of at least 4 members (excludes halogenated alkanes) is 1. The normalized spacial score (nSPS) is 15.0. The summed E-state index contributed by atoms with van der Waals surface area (Å²) in [4.78, 5) is 29.4. The maximum atomic E-state index is 12.5. The summed E-state index contributed by atoms with van der Waals surface area (Å²) in [6, 6.07) is 7.78. The number of hydrogen-bond acceptors (Lipinski definition) is 3. The molecule has 6 heteroatoms. The van der Waals surface area contributed by atoms with Crippen LogP contribution >= 0.6 is 0 Å². The maximum Gasteiger partial charge on any atom is 0.240 e. The van der Waals surface area contributed by atoms with Gasteiger partial charge in [-0.15, -0.1) is 0 Å². The predicted molar refractivity (Wildman–Crippen MR) is 106 cm³/mol. The van der Waals surface area contributed by atoms with E-state index in [1.165, 1.54) is 6.42 Å². The van der Waals surface area contributed by atoms with Crippen LogP contribution in [0.15, 0.2) is 24.3 Å². The zero-order chi connectivity index (χ0) is 19.1. The maximum absolute atomic E-state index is 12.5. The lowest BCUT2D eigenvalue weighted by atomic mass is 9.89. The average Bonchev–Trinajstić information content (AvgIpc) is 3.04. The van der Waals surface area contributed by atoms with Gasteiger partial charge < -0.3 is 15.2 Å². The van der Waals surface area contributed by atoms with Gasteiger partial charge >= 0.3 is 0 Å². The standard InChI is InChI=1S/C21H30N4O2/c1-2-3-13-22-20(26)15-25-18-12-8-7-11-17(18)24-19(25)14-23-21(27)16-9-5-4-6-10-16/h7-8,11-12,16H,2-6,9-10,13-15H2,1H3,(H,22,26)(H,23,27). The van der Waals surface area contributed by atoms with E-state index in [1.807, 2.05) is 28.8 Å². The van der Waals surface area contributed by atoms with Gasteiger partial charge in [0.15, 0.2) is 0 Å². The van der Waals surface area contributed by atoms with Gasteiger partial charge in [-0.05, 0) is 31.4 Å². The van der Waals surface area contributed by atoms with E-state index in [0.717, 1.165) is 55.4 Å². The second-order valence-corrected chi connectivity index (χ2v) is 7.36. The zero-order valence-electron chi connectivity index (χ0n) is 16.2. The number of nitrogens with zero attached hydrogens (tertiary/aromatic N) is 2. The molecule has 1 heterocycles.